The van der Waals surface area contributed by atoms with E-state index in [2.05, 4.69) is 9.97 Å². The fourth-order valence-corrected chi connectivity index (χ4v) is 3.29. The van der Waals surface area contributed by atoms with Crippen LogP contribution in [-0.2, 0) is 0 Å². The number of nitrogens with zero attached hydrogens (tertiary/aromatic N) is 4. The molecule has 0 aliphatic heterocycles. The molecule has 0 radical (unpaired) electrons. The van der Waals surface area contributed by atoms with Crippen LogP contribution in [0, 0.1) is 10.1 Å². The van der Waals surface area contributed by atoms with Crippen LogP contribution in [-0.4, -0.2) is 50.9 Å². The van der Waals surface area contributed by atoms with Crippen LogP contribution in [0.5, 0.6) is 0 Å². The van der Waals surface area contributed by atoms with E-state index in [0.29, 0.717) is 11.3 Å². The largest absolute Gasteiger partial charge is 0.433 e. The first kappa shape index (κ1) is 17.3. The predicted molar refractivity (Wildman–Crippen MR) is 92.8 cm³/mol. The highest BCUT2D eigenvalue weighted by molar-refractivity contribution is 7.17. The summed E-state index contributed by atoms with van der Waals surface area (Å²) in [6.45, 7) is 2.11. The Morgan fingerprint density at radius 1 is 1.40 bits per heavy atom. The van der Waals surface area contributed by atoms with Crippen molar-refractivity contribution >= 4 is 33.3 Å². The summed E-state index contributed by atoms with van der Waals surface area (Å²) in [6.07, 6.45) is -0.621. The van der Waals surface area contributed by atoms with Gasteiger partial charge in [0.15, 0.2) is 17.4 Å². The van der Waals surface area contributed by atoms with Gasteiger partial charge in [-0.3, -0.25) is 10.1 Å². The van der Waals surface area contributed by atoms with E-state index in [-0.39, 0.29) is 37.2 Å². The molecule has 132 valence electrons. The molecule has 0 saturated heterocycles. The molecule has 1 atom stereocenters. The molecule has 0 saturated carbocycles. The zero-order chi connectivity index (χ0) is 18.0. The van der Waals surface area contributed by atoms with Gasteiger partial charge in [0, 0.05) is 13.1 Å². The Morgan fingerprint density at radius 3 is 2.84 bits per heavy atom. The van der Waals surface area contributed by atoms with Crippen molar-refractivity contribution in [3.8, 4) is 11.6 Å². The predicted octanol–water partition coefficient (Wildman–Crippen LogP) is 2.04. The lowest BCUT2D eigenvalue weighted by atomic mass is 10.3. The Morgan fingerprint density at radius 2 is 2.20 bits per heavy atom. The lowest BCUT2D eigenvalue weighted by Gasteiger charge is -2.24. The Balaban J connectivity index is 2.10. The fourth-order valence-electron chi connectivity index (χ4n) is 2.44. The van der Waals surface area contributed by atoms with Gasteiger partial charge in [0.25, 0.3) is 0 Å². The number of anilines is 1. The lowest BCUT2D eigenvalue weighted by Crippen LogP contribution is -2.34. The lowest BCUT2D eigenvalue weighted by molar-refractivity contribution is -0.401. The Kier molecular flexibility index (Phi) is 4.93. The van der Waals surface area contributed by atoms with Gasteiger partial charge in [0.2, 0.25) is 0 Å². The molecular weight excluding hydrogens is 348 g/mol. The molecule has 0 aromatic carbocycles. The van der Waals surface area contributed by atoms with Crippen LogP contribution in [0.15, 0.2) is 28.0 Å². The maximum Gasteiger partial charge on any atom is 0.433 e. The van der Waals surface area contributed by atoms with E-state index < -0.39 is 11.0 Å². The minimum atomic E-state index is -0.626. The number of hydrogen-bond donors (Lipinski definition) is 2. The summed E-state index contributed by atoms with van der Waals surface area (Å²) in [7, 11) is 0. The van der Waals surface area contributed by atoms with Crippen molar-refractivity contribution in [3.63, 3.8) is 0 Å². The monoisotopic (exact) mass is 364 g/mol. The van der Waals surface area contributed by atoms with Gasteiger partial charge in [-0.1, -0.05) is 0 Å². The molecule has 10 heteroatoms. The Bertz CT molecular complexity index is 891. The molecule has 9 nitrogen and oxygen atoms in total. The summed E-state index contributed by atoms with van der Waals surface area (Å²) >= 11 is 1.44. The van der Waals surface area contributed by atoms with Crippen LogP contribution < -0.4 is 4.90 Å². The molecule has 0 aliphatic rings. The highest BCUT2D eigenvalue weighted by atomic mass is 32.1. The summed E-state index contributed by atoms with van der Waals surface area (Å²) in [5.74, 6) is 0.551. The number of aliphatic hydroxyl groups is 2. The molecule has 3 aromatic rings. The van der Waals surface area contributed by atoms with E-state index in [1.165, 1.54) is 23.5 Å². The first-order valence-electron chi connectivity index (χ1n) is 7.53. The number of thiophene rings is 1. The van der Waals surface area contributed by atoms with Crippen molar-refractivity contribution < 1.29 is 19.6 Å². The van der Waals surface area contributed by atoms with Gasteiger partial charge in [-0.2, -0.15) is 0 Å². The third-order valence-electron chi connectivity index (χ3n) is 3.43. The topological polar surface area (TPSA) is 126 Å². The van der Waals surface area contributed by atoms with Gasteiger partial charge >= 0.3 is 5.88 Å². The van der Waals surface area contributed by atoms with Crippen molar-refractivity contribution in [1.82, 2.24) is 9.97 Å². The quantitative estimate of drug-likeness (QED) is 0.482. The number of fused-ring (bicyclic) bond motifs is 1. The van der Waals surface area contributed by atoms with E-state index in [9.17, 15) is 20.3 Å². The molecule has 2 N–H and O–H groups in total. The number of furan rings is 1. The van der Waals surface area contributed by atoms with E-state index in [0.717, 1.165) is 4.70 Å². The normalized spacial score (nSPS) is 12.4. The van der Waals surface area contributed by atoms with E-state index >= 15 is 0 Å². The molecule has 0 spiro atoms. The Labute approximate surface area is 146 Å². The summed E-state index contributed by atoms with van der Waals surface area (Å²) < 4.78 is 6.00. The highest BCUT2D eigenvalue weighted by Crippen LogP contribution is 2.32. The van der Waals surface area contributed by atoms with Crippen molar-refractivity contribution in [2.45, 2.75) is 13.0 Å². The minimum Gasteiger partial charge on any atom is -0.397 e. The van der Waals surface area contributed by atoms with Crippen LogP contribution in [0.3, 0.4) is 0 Å². The second-order valence-electron chi connectivity index (χ2n) is 5.42. The number of hydrogen-bond acceptors (Lipinski definition) is 9. The third-order valence-corrected chi connectivity index (χ3v) is 4.33. The number of aromatic nitrogens is 2. The first-order valence-corrected chi connectivity index (χ1v) is 8.41. The number of nitro groups is 1. The average molecular weight is 364 g/mol. The van der Waals surface area contributed by atoms with Crippen LogP contribution in [0.4, 0.5) is 11.7 Å². The van der Waals surface area contributed by atoms with Crippen LogP contribution in [0.2, 0.25) is 0 Å². The second kappa shape index (κ2) is 7.13. The summed E-state index contributed by atoms with van der Waals surface area (Å²) in [5, 5.41) is 31.7. The number of aliphatic hydroxyl groups excluding tert-OH is 2. The van der Waals surface area contributed by atoms with Crippen molar-refractivity contribution in [2.75, 3.05) is 24.6 Å². The summed E-state index contributed by atoms with van der Waals surface area (Å²) in [4.78, 5) is 20.8. The van der Waals surface area contributed by atoms with E-state index in [4.69, 9.17) is 4.42 Å². The Hall–Kier alpha value is -2.56. The molecule has 25 heavy (non-hydrogen) atoms. The zero-order valence-corrected chi connectivity index (χ0v) is 14.1. The molecule has 3 heterocycles. The average Bonchev–Trinajstić information content (AvgIpc) is 3.22. The fraction of sp³-hybridized carbons (Fsp3) is 0.333. The van der Waals surface area contributed by atoms with Crippen molar-refractivity contribution in [3.05, 3.63) is 33.7 Å². The molecule has 0 bridgehead atoms. The van der Waals surface area contributed by atoms with Gasteiger partial charge in [-0.05, 0) is 24.4 Å². The summed E-state index contributed by atoms with van der Waals surface area (Å²) in [5.41, 5.74) is 0.664. The molecule has 3 rings (SSSR count). The maximum absolute atomic E-state index is 10.8. The van der Waals surface area contributed by atoms with Gasteiger partial charge in [0.05, 0.1) is 29.0 Å². The smallest absolute Gasteiger partial charge is 0.397 e. The maximum atomic E-state index is 10.8. The van der Waals surface area contributed by atoms with Crippen LogP contribution >= 0.6 is 11.3 Å². The standard InChI is InChI=1S/C15H16N4O5S/c1-9(21)8-18(5-6-20)15-13-10(4-7-25-13)16-14(17-15)11-2-3-12(24-11)19(22)23/h2-4,7,9,20-21H,5-6,8H2,1H3. The first-order chi connectivity index (χ1) is 12.0. The molecular formula is C15H16N4O5S. The van der Waals surface area contributed by atoms with E-state index in [1.54, 1.807) is 11.8 Å². The van der Waals surface area contributed by atoms with Crippen LogP contribution in [0.25, 0.3) is 21.8 Å². The third kappa shape index (κ3) is 3.60. The molecule has 0 fully saturated rings. The summed E-state index contributed by atoms with van der Waals surface area (Å²) in [6, 6.07) is 4.50. The van der Waals surface area contributed by atoms with E-state index in [1.807, 2.05) is 11.4 Å². The SMILES string of the molecule is CC(O)CN(CCO)c1nc(-c2ccc([N+](=O)[O-])o2)nc2ccsc12. The van der Waals surface area contributed by atoms with Gasteiger partial charge < -0.3 is 19.5 Å². The molecule has 0 aliphatic carbocycles. The molecule has 3 aromatic heterocycles. The van der Waals surface area contributed by atoms with Gasteiger partial charge in [-0.25, -0.2) is 9.97 Å². The van der Waals surface area contributed by atoms with Crippen molar-refractivity contribution in [2.24, 2.45) is 0 Å². The second-order valence-corrected chi connectivity index (χ2v) is 6.34. The van der Waals surface area contributed by atoms with Crippen LogP contribution in [0.1, 0.15) is 6.92 Å². The van der Waals surface area contributed by atoms with Gasteiger partial charge in [0.1, 0.15) is 4.92 Å². The highest BCUT2D eigenvalue weighted by Gasteiger charge is 2.20. The van der Waals surface area contributed by atoms with Gasteiger partial charge in [-0.15, -0.1) is 11.3 Å². The molecule has 1 unspecified atom stereocenters. The minimum absolute atomic E-state index is 0.106. The number of rotatable bonds is 7. The zero-order valence-electron chi connectivity index (χ0n) is 13.3. The van der Waals surface area contributed by atoms with Crippen molar-refractivity contribution in [1.29, 1.82) is 0 Å². The molecule has 0 amide bonds.